The number of carbonyl (C=O) groups excluding carboxylic acids is 1. The van der Waals surface area contributed by atoms with Gasteiger partial charge in [-0.1, -0.05) is 0 Å². The van der Waals surface area contributed by atoms with Crippen molar-refractivity contribution in [1.82, 2.24) is 9.88 Å². The van der Waals surface area contributed by atoms with Gasteiger partial charge in [0.05, 0.1) is 9.82 Å². The van der Waals surface area contributed by atoms with Gasteiger partial charge in [-0.05, 0) is 73.1 Å². The van der Waals surface area contributed by atoms with E-state index in [0.717, 1.165) is 40.7 Å². The molecule has 2 heterocycles. The SMILES string of the molecule is NCCc1c[nH]c2ccc(OCC(=O)N3CCN(c4ccc(NS(=O)(=O)c5ccc([N+](=O)[O-])cc5)cc4)CC3)cc12. The zero-order valence-electron chi connectivity index (χ0n) is 22.2. The van der Waals surface area contributed by atoms with Crippen LogP contribution in [0, 0.1) is 10.1 Å². The molecule has 1 saturated heterocycles. The number of benzene rings is 3. The maximum Gasteiger partial charge on any atom is 0.269 e. The van der Waals surface area contributed by atoms with Crippen molar-refractivity contribution in [2.45, 2.75) is 11.3 Å². The highest BCUT2D eigenvalue weighted by Crippen LogP contribution is 2.25. The summed E-state index contributed by atoms with van der Waals surface area (Å²) in [6, 6.07) is 17.3. The van der Waals surface area contributed by atoms with Crippen LogP contribution >= 0.6 is 0 Å². The smallest absolute Gasteiger partial charge is 0.269 e. The van der Waals surface area contributed by atoms with Gasteiger partial charge in [0.25, 0.3) is 21.6 Å². The molecule has 0 spiro atoms. The van der Waals surface area contributed by atoms with Crippen LogP contribution in [-0.4, -0.2) is 68.5 Å². The zero-order chi connectivity index (χ0) is 29.0. The number of hydrogen-bond donors (Lipinski definition) is 3. The van der Waals surface area contributed by atoms with E-state index in [9.17, 15) is 23.3 Å². The predicted octanol–water partition coefficient (Wildman–Crippen LogP) is 3.11. The maximum atomic E-state index is 12.8. The molecule has 3 aromatic carbocycles. The third-order valence-corrected chi connectivity index (χ3v) is 8.39. The first-order valence-corrected chi connectivity index (χ1v) is 14.5. The van der Waals surface area contributed by atoms with E-state index in [1.54, 1.807) is 17.0 Å². The Hall–Kier alpha value is -4.62. The standard InChI is InChI=1S/C28H30N6O6S/c29-12-11-20-18-30-27-10-7-24(17-26(20)27)40-19-28(35)33-15-13-32(14-16-33)22-3-1-21(2-4-22)31-41(38,39)25-8-5-23(6-9-25)34(36)37/h1-10,17-18,30-31H,11-16,19,29H2. The second-order valence-corrected chi connectivity index (χ2v) is 11.3. The topological polar surface area (TPSA) is 164 Å². The molecule has 1 aromatic heterocycles. The molecule has 41 heavy (non-hydrogen) atoms. The van der Waals surface area contributed by atoms with Gasteiger partial charge >= 0.3 is 0 Å². The van der Waals surface area contributed by atoms with Crippen molar-refractivity contribution in [3.63, 3.8) is 0 Å². The number of nitro benzene ring substituents is 1. The number of ether oxygens (including phenoxy) is 1. The third kappa shape index (κ3) is 6.42. The quantitative estimate of drug-likeness (QED) is 0.191. The predicted molar refractivity (Wildman–Crippen MR) is 156 cm³/mol. The molecule has 12 nitrogen and oxygen atoms in total. The number of aromatic amines is 1. The lowest BCUT2D eigenvalue weighted by Gasteiger charge is -2.36. The van der Waals surface area contributed by atoms with Gasteiger partial charge in [-0.15, -0.1) is 0 Å². The number of nitro groups is 1. The number of carbonyl (C=O) groups is 1. The number of nitrogens with zero attached hydrogens (tertiary/aromatic N) is 3. The molecule has 1 aliphatic heterocycles. The van der Waals surface area contributed by atoms with E-state index in [4.69, 9.17) is 10.5 Å². The Bertz CT molecular complexity index is 1650. The Balaban J connectivity index is 1.12. The number of H-pyrrole nitrogens is 1. The summed E-state index contributed by atoms with van der Waals surface area (Å²) in [5.41, 5.74) is 8.89. The van der Waals surface area contributed by atoms with Crippen LogP contribution in [0.25, 0.3) is 10.9 Å². The highest BCUT2D eigenvalue weighted by molar-refractivity contribution is 7.92. The summed E-state index contributed by atoms with van der Waals surface area (Å²) in [5, 5.41) is 11.9. The van der Waals surface area contributed by atoms with Crippen LogP contribution in [0.5, 0.6) is 5.75 Å². The molecule has 0 bridgehead atoms. The number of aromatic nitrogens is 1. The van der Waals surface area contributed by atoms with Crippen molar-refractivity contribution in [3.8, 4) is 5.75 Å². The molecule has 0 unspecified atom stereocenters. The minimum atomic E-state index is -3.90. The highest BCUT2D eigenvalue weighted by Gasteiger charge is 2.22. The molecule has 1 aliphatic rings. The van der Waals surface area contributed by atoms with Gasteiger partial charge in [0.2, 0.25) is 0 Å². The number of nitrogens with one attached hydrogen (secondary N) is 2. The Labute approximate surface area is 236 Å². The van der Waals surface area contributed by atoms with Crippen LogP contribution in [0.15, 0.2) is 77.8 Å². The Morgan fingerprint density at radius 2 is 1.73 bits per heavy atom. The van der Waals surface area contributed by atoms with E-state index in [-0.39, 0.29) is 23.1 Å². The molecule has 4 N–H and O–H groups in total. The number of amides is 1. The fourth-order valence-corrected chi connectivity index (χ4v) is 5.82. The van der Waals surface area contributed by atoms with Gasteiger partial charge in [-0.25, -0.2) is 8.42 Å². The fraction of sp³-hybridized carbons (Fsp3) is 0.250. The van der Waals surface area contributed by atoms with E-state index < -0.39 is 14.9 Å². The summed E-state index contributed by atoms with van der Waals surface area (Å²) < 4.78 is 33.6. The van der Waals surface area contributed by atoms with E-state index in [1.165, 1.54) is 12.1 Å². The molecule has 0 atom stereocenters. The average molecular weight is 579 g/mol. The first-order valence-electron chi connectivity index (χ1n) is 13.1. The van der Waals surface area contributed by atoms with Crippen LogP contribution < -0.4 is 20.1 Å². The van der Waals surface area contributed by atoms with Gasteiger partial charge in [0.1, 0.15) is 5.75 Å². The molecular weight excluding hydrogens is 548 g/mol. The van der Waals surface area contributed by atoms with E-state index in [0.29, 0.717) is 44.2 Å². The lowest BCUT2D eigenvalue weighted by Crippen LogP contribution is -2.50. The van der Waals surface area contributed by atoms with Gasteiger partial charge < -0.3 is 25.3 Å². The number of anilines is 2. The van der Waals surface area contributed by atoms with Gasteiger partial charge in [-0.2, -0.15) is 0 Å². The molecular formula is C28H30N6O6S. The van der Waals surface area contributed by atoms with E-state index >= 15 is 0 Å². The summed E-state index contributed by atoms with van der Waals surface area (Å²) in [4.78, 5) is 30.1. The average Bonchev–Trinajstić information content (AvgIpc) is 3.38. The summed E-state index contributed by atoms with van der Waals surface area (Å²) in [5.74, 6) is 0.545. The summed E-state index contributed by atoms with van der Waals surface area (Å²) in [6.07, 6.45) is 2.70. The molecule has 0 aliphatic carbocycles. The fourth-order valence-electron chi connectivity index (χ4n) is 4.76. The summed E-state index contributed by atoms with van der Waals surface area (Å²) >= 11 is 0. The molecule has 0 saturated carbocycles. The van der Waals surface area contributed by atoms with Gasteiger partial charge in [0.15, 0.2) is 6.61 Å². The van der Waals surface area contributed by atoms with Crippen LogP contribution in [-0.2, 0) is 21.2 Å². The Morgan fingerprint density at radius 1 is 1.02 bits per heavy atom. The Morgan fingerprint density at radius 3 is 2.39 bits per heavy atom. The van der Waals surface area contributed by atoms with Gasteiger partial charge in [-0.3, -0.25) is 19.6 Å². The molecule has 1 amide bonds. The van der Waals surface area contributed by atoms with Crippen molar-refractivity contribution < 1.29 is 22.9 Å². The minimum absolute atomic E-state index is 0.0498. The molecule has 214 valence electrons. The summed E-state index contributed by atoms with van der Waals surface area (Å²) in [6.45, 7) is 2.82. The first-order chi connectivity index (χ1) is 19.7. The second kappa shape index (κ2) is 11.9. The highest BCUT2D eigenvalue weighted by atomic mass is 32.2. The number of rotatable bonds is 10. The normalized spacial score (nSPS) is 13.8. The number of piperazine rings is 1. The van der Waals surface area contributed by atoms with Crippen molar-refractivity contribution >= 4 is 43.9 Å². The molecule has 5 rings (SSSR count). The minimum Gasteiger partial charge on any atom is -0.484 e. The van der Waals surface area contributed by atoms with Crippen molar-refractivity contribution in [3.05, 3.63) is 88.6 Å². The number of non-ortho nitro benzene ring substituents is 1. The number of nitrogens with two attached hydrogens (primary N) is 1. The Kier molecular flexibility index (Phi) is 8.08. The number of hydrogen-bond acceptors (Lipinski definition) is 8. The number of fused-ring (bicyclic) bond motifs is 1. The lowest BCUT2D eigenvalue weighted by molar-refractivity contribution is -0.384. The van der Waals surface area contributed by atoms with Crippen molar-refractivity contribution in [2.75, 3.05) is 49.0 Å². The zero-order valence-corrected chi connectivity index (χ0v) is 23.0. The molecule has 4 aromatic rings. The maximum absolute atomic E-state index is 12.8. The van der Waals surface area contributed by atoms with Crippen LogP contribution in [0.4, 0.5) is 17.1 Å². The van der Waals surface area contributed by atoms with E-state index in [1.807, 2.05) is 36.5 Å². The van der Waals surface area contributed by atoms with Crippen LogP contribution in [0.3, 0.4) is 0 Å². The van der Waals surface area contributed by atoms with Gasteiger partial charge in [0, 0.05) is 66.8 Å². The molecule has 0 radical (unpaired) electrons. The number of sulfonamides is 1. The van der Waals surface area contributed by atoms with Crippen molar-refractivity contribution in [1.29, 1.82) is 0 Å². The van der Waals surface area contributed by atoms with Crippen LogP contribution in [0.1, 0.15) is 5.56 Å². The van der Waals surface area contributed by atoms with Crippen LogP contribution in [0.2, 0.25) is 0 Å². The van der Waals surface area contributed by atoms with E-state index in [2.05, 4.69) is 14.6 Å². The van der Waals surface area contributed by atoms with Crippen molar-refractivity contribution in [2.24, 2.45) is 5.73 Å². The first kappa shape index (κ1) is 27.9. The second-order valence-electron chi connectivity index (χ2n) is 9.62. The monoisotopic (exact) mass is 578 g/mol. The lowest BCUT2D eigenvalue weighted by atomic mass is 10.1. The third-order valence-electron chi connectivity index (χ3n) is 6.99. The largest absolute Gasteiger partial charge is 0.484 e. The summed E-state index contributed by atoms with van der Waals surface area (Å²) in [7, 11) is -3.90. The molecule has 1 fully saturated rings. The molecule has 13 heteroatoms.